The summed E-state index contributed by atoms with van der Waals surface area (Å²) in [6.07, 6.45) is 2.19. The number of fused-ring (bicyclic) bond motifs is 1. The van der Waals surface area contributed by atoms with Crippen LogP contribution in [0.25, 0.3) is 10.9 Å². The van der Waals surface area contributed by atoms with Crippen LogP contribution in [0.15, 0.2) is 54.7 Å². The van der Waals surface area contributed by atoms with Crippen molar-refractivity contribution in [3.63, 3.8) is 0 Å². The van der Waals surface area contributed by atoms with Gasteiger partial charge in [-0.25, -0.2) is 0 Å². The van der Waals surface area contributed by atoms with Gasteiger partial charge in [0.15, 0.2) is 0 Å². The van der Waals surface area contributed by atoms with E-state index in [9.17, 15) is 0 Å². The number of rotatable bonds is 4. The molecule has 0 N–H and O–H groups in total. The van der Waals surface area contributed by atoms with E-state index in [1.165, 1.54) is 22.0 Å². The topological polar surface area (TPSA) is 14.2 Å². The number of benzene rings is 2. The van der Waals surface area contributed by atoms with E-state index >= 15 is 0 Å². The van der Waals surface area contributed by atoms with Gasteiger partial charge in [-0.2, -0.15) is 0 Å². The Hall–Kier alpha value is -2.22. The maximum Gasteiger partial charge on any atom is 0.119 e. The lowest BCUT2D eigenvalue weighted by atomic mass is 10.2. The highest BCUT2D eigenvalue weighted by Crippen LogP contribution is 2.23. The molecule has 0 aliphatic rings. The number of para-hydroxylation sites is 1. The van der Waals surface area contributed by atoms with E-state index in [0.29, 0.717) is 6.61 Å². The Morgan fingerprint density at radius 2 is 1.75 bits per heavy atom. The normalized spacial score (nSPS) is 10.9. The summed E-state index contributed by atoms with van der Waals surface area (Å²) in [6, 6.07) is 16.7. The Morgan fingerprint density at radius 3 is 2.50 bits per heavy atom. The summed E-state index contributed by atoms with van der Waals surface area (Å²) < 4.78 is 8.17. The lowest BCUT2D eigenvalue weighted by Gasteiger charge is -2.05. The smallest absolute Gasteiger partial charge is 0.119 e. The van der Waals surface area contributed by atoms with Gasteiger partial charge in [-0.1, -0.05) is 35.9 Å². The molecule has 2 nitrogen and oxygen atoms in total. The molecule has 3 aromatic rings. The first-order chi connectivity index (χ1) is 9.78. The molecular formula is C18H19NO. The van der Waals surface area contributed by atoms with E-state index in [0.717, 1.165) is 12.3 Å². The van der Waals surface area contributed by atoms with E-state index < -0.39 is 0 Å². The van der Waals surface area contributed by atoms with Crippen molar-refractivity contribution in [1.29, 1.82) is 0 Å². The van der Waals surface area contributed by atoms with Crippen LogP contribution in [-0.2, 0) is 13.2 Å². The number of ether oxygens (including phenoxy) is 1. The third-order valence-electron chi connectivity index (χ3n) is 3.63. The van der Waals surface area contributed by atoms with Gasteiger partial charge in [0, 0.05) is 29.2 Å². The van der Waals surface area contributed by atoms with Crippen molar-refractivity contribution in [2.24, 2.45) is 0 Å². The monoisotopic (exact) mass is 265 g/mol. The summed E-state index contributed by atoms with van der Waals surface area (Å²) in [5, 5.41) is 1.28. The minimum absolute atomic E-state index is 0.608. The lowest BCUT2D eigenvalue weighted by molar-refractivity contribution is 0.307. The molecule has 0 bridgehead atoms. The van der Waals surface area contributed by atoms with Crippen LogP contribution in [0.4, 0.5) is 0 Å². The summed E-state index contributed by atoms with van der Waals surface area (Å²) in [5.74, 6) is 0.920. The number of aromatic nitrogens is 1. The van der Waals surface area contributed by atoms with E-state index in [4.69, 9.17) is 4.74 Å². The fraction of sp³-hybridized carbons (Fsp3) is 0.222. The largest absolute Gasteiger partial charge is 0.489 e. The van der Waals surface area contributed by atoms with Crippen molar-refractivity contribution in [1.82, 2.24) is 4.57 Å². The molecule has 2 aromatic carbocycles. The molecule has 0 unspecified atom stereocenters. The molecule has 0 fully saturated rings. The highest BCUT2D eigenvalue weighted by Gasteiger charge is 2.07. The standard InChI is InChI=1S/C18H19NO/c1-3-19-12-15(17-6-4-5-7-18(17)19)13-20-16-10-8-14(2)9-11-16/h4-12H,3,13H2,1-2H3. The Labute approximate surface area is 119 Å². The molecule has 20 heavy (non-hydrogen) atoms. The van der Waals surface area contributed by atoms with Crippen LogP contribution in [0.1, 0.15) is 18.1 Å². The van der Waals surface area contributed by atoms with Crippen LogP contribution < -0.4 is 4.74 Å². The summed E-state index contributed by atoms with van der Waals surface area (Å²) in [4.78, 5) is 0. The Bertz CT molecular complexity index is 710. The Kier molecular flexibility index (Phi) is 3.46. The second-order valence-electron chi connectivity index (χ2n) is 5.06. The molecule has 0 saturated heterocycles. The van der Waals surface area contributed by atoms with Gasteiger partial charge in [-0.3, -0.25) is 0 Å². The SMILES string of the molecule is CCn1cc(COc2ccc(C)cc2)c2ccccc21. The van der Waals surface area contributed by atoms with Crippen molar-refractivity contribution < 1.29 is 4.74 Å². The molecule has 0 spiro atoms. The van der Waals surface area contributed by atoms with Crippen LogP contribution in [0.2, 0.25) is 0 Å². The maximum absolute atomic E-state index is 5.90. The molecule has 0 saturated carbocycles. The van der Waals surface area contributed by atoms with Crippen LogP contribution in [0, 0.1) is 6.92 Å². The van der Waals surface area contributed by atoms with Crippen molar-refractivity contribution in [2.45, 2.75) is 27.0 Å². The summed E-state index contributed by atoms with van der Waals surface area (Å²) in [6.45, 7) is 5.83. The van der Waals surface area contributed by atoms with E-state index in [1.54, 1.807) is 0 Å². The fourth-order valence-corrected chi connectivity index (χ4v) is 2.50. The minimum Gasteiger partial charge on any atom is -0.489 e. The van der Waals surface area contributed by atoms with Gasteiger partial charge >= 0.3 is 0 Å². The zero-order valence-electron chi connectivity index (χ0n) is 12.0. The van der Waals surface area contributed by atoms with Crippen molar-refractivity contribution in [3.8, 4) is 5.75 Å². The second kappa shape index (κ2) is 5.41. The summed E-state index contributed by atoms with van der Waals surface area (Å²) >= 11 is 0. The zero-order valence-corrected chi connectivity index (χ0v) is 12.0. The molecule has 0 aliphatic heterocycles. The van der Waals surface area contributed by atoms with Gasteiger partial charge < -0.3 is 9.30 Å². The third kappa shape index (κ3) is 2.42. The van der Waals surface area contributed by atoms with Crippen LogP contribution in [-0.4, -0.2) is 4.57 Å². The molecule has 102 valence electrons. The molecule has 1 aromatic heterocycles. The molecule has 0 radical (unpaired) electrons. The second-order valence-corrected chi connectivity index (χ2v) is 5.06. The predicted molar refractivity (Wildman–Crippen MR) is 83.1 cm³/mol. The van der Waals surface area contributed by atoms with E-state index in [2.05, 4.69) is 61.0 Å². The first-order valence-corrected chi connectivity index (χ1v) is 7.04. The Balaban J connectivity index is 1.85. The van der Waals surface area contributed by atoms with E-state index in [1.807, 2.05) is 12.1 Å². The molecular weight excluding hydrogens is 246 g/mol. The van der Waals surface area contributed by atoms with Gasteiger partial charge in [0.1, 0.15) is 12.4 Å². The van der Waals surface area contributed by atoms with Crippen LogP contribution in [0.5, 0.6) is 5.75 Å². The molecule has 0 amide bonds. The highest BCUT2D eigenvalue weighted by atomic mass is 16.5. The third-order valence-corrected chi connectivity index (χ3v) is 3.63. The maximum atomic E-state index is 5.90. The minimum atomic E-state index is 0.608. The molecule has 2 heteroatoms. The summed E-state index contributed by atoms with van der Waals surface area (Å²) in [5.41, 5.74) is 3.76. The predicted octanol–water partition coefficient (Wildman–Crippen LogP) is 4.55. The van der Waals surface area contributed by atoms with Gasteiger partial charge in [0.25, 0.3) is 0 Å². The average Bonchev–Trinajstić information content (AvgIpc) is 2.85. The average molecular weight is 265 g/mol. The van der Waals surface area contributed by atoms with Gasteiger partial charge in [0.2, 0.25) is 0 Å². The molecule has 1 heterocycles. The van der Waals surface area contributed by atoms with E-state index in [-0.39, 0.29) is 0 Å². The van der Waals surface area contributed by atoms with Gasteiger partial charge in [0.05, 0.1) is 0 Å². The van der Waals surface area contributed by atoms with Crippen molar-refractivity contribution in [2.75, 3.05) is 0 Å². The molecule has 0 atom stereocenters. The number of hydrogen-bond acceptors (Lipinski definition) is 1. The van der Waals surface area contributed by atoms with Crippen LogP contribution in [0.3, 0.4) is 0 Å². The van der Waals surface area contributed by atoms with Crippen molar-refractivity contribution >= 4 is 10.9 Å². The molecule has 0 aliphatic carbocycles. The first-order valence-electron chi connectivity index (χ1n) is 7.04. The highest BCUT2D eigenvalue weighted by molar-refractivity contribution is 5.83. The lowest BCUT2D eigenvalue weighted by Crippen LogP contribution is -1.95. The fourth-order valence-electron chi connectivity index (χ4n) is 2.50. The van der Waals surface area contributed by atoms with Crippen LogP contribution >= 0.6 is 0 Å². The molecule has 3 rings (SSSR count). The quantitative estimate of drug-likeness (QED) is 0.675. The Morgan fingerprint density at radius 1 is 1.00 bits per heavy atom. The summed E-state index contributed by atoms with van der Waals surface area (Å²) in [7, 11) is 0. The van der Waals surface area contributed by atoms with Gasteiger partial charge in [-0.05, 0) is 32.0 Å². The van der Waals surface area contributed by atoms with Gasteiger partial charge in [-0.15, -0.1) is 0 Å². The number of aryl methyl sites for hydroxylation is 2. The zero-order chi connectivity index (χ0) is 13.9. The van der Waals surface area contributed by atoms with Crippen molar-refractivity contribution in [3.05, 3.63) is 65.9 Å². The number of hydrogen-bond donors (Lipinski definition) is 0. The number of nitrogens with zero attached hydrogens (tertiary/aromatic N) is 1. The first kappa shape index (κ1) is 12.8.